The topological polar surface area (TPSA) is 81.9 Å². The first kappa shape index (κ1) is 12.8. The number of nitrogens with zero attached hydrogens (tertiary/aromatic N) is 4. The zero-order valence-electron chi connectivity index (χ0n) is 11.2. The van der Waals surface area contributed by atoms with Crippen molar-refractivity contribution < 1.29 is 9.53 Å². The Morgan fingerprint density at radius 2 is 2.25 bits per heavy atom. The van der Waals surface area contributed by atoms with Crippen LogP contribution in [0.3, 0.4) is 0 Å². The van der Waals surface area contributed by atoms with E-state index < -0.39 is 0 Å². The summed E-state index contributed by atoms with van der Waals surface area (Å²) < 4.78 is 6.50. The van der Waals surface area contributed by atoms with Gasteiger partial charge in [-0.3, -0.25) is 0 Å². The predicted molar refractivity (Wildman–Crippen MR) is 73.4 cm³/mol. The van der Waals surface area contributed by atoms with Crippen molar-refractivity contribution in [2.45, 2.75) is 19.9 Å². The number of fused-ring (bicyclic) bond motifs is 1. The largest absolute Gasteiger partial charge is 0.466 e. The lowest BCUT2D eigenvalue weighted by atomic mass is 10.0. The molecule has 0 radical (unpaired) electrons. The fourth-order valence-electron chi connectivity index (χ4n) is 2.25. The van der Waals surface area contributed by atoms with Gasteiger partial charge in [0.25, 0.3) is 0 Å². The molecule has 1 unspecified atom stereocenters. The third-order valence-corrected chi connectivity index (χ3v) is 4.20. The van der Waals surface area contributed by atoms with Crippen LogP contribution in [0.5, 0.6) is 0 Å². The summed E-state index contributed by atoms with van der Waals surface area (Å²) in [5.74, 6) is 0.137. The van der Waals surface area contributed by atoms with E-state index >= 15 is 0 Å². The number of rotatable bonds is 2. The summed E-state index contributed by atoms with van der Waals surface area (Å²) in [5.41, 5.74) is 1.23. The van der Waals surface area contributed by atoms with Crippen molar-refractivity contribution in [1.82, 2.24) is 20.2 Å². The molecular formula is C12H13N5O2S. The van der Waals surface area contributed by atoms with E-state index in [1.54, 1.807) is 16.0 Å². The number of ether oxygens (including phenoxy) is 1. The number of allylic oxidation sites excluding steroid dienone is 1. The fraction of sp³-hybridized carbons (Fsp3) is 0.333. The second kappa shape index (κ2) is 4.71. The van der Waals surface area contributed by atoms with Crippen molar-refractivity contribution in [3.63, 3.8) is 0 Å². The number of esters is 1. The molecule has 1 atom stereocenters. The normalized spacial score (nSPS) is 17.6. The molecule has 1 N–H and O–H groups in total. The Labute approximate surface area is 119 Å². The molecule has 104 valence electrons. The number of thiophene rings is 1. The van der Waals surface area contributed by atoms with Crippen LogP contribution in [0.2, 0.25) is 0 Å². The highest BCUT2D eigenvalue weighted by atomic mass is 32.1. The van der Waals surface area contributed by atoms with Crippen LogP contribution in [0.15, 0.2) is 23.4 Å². The number of anilines is 1. The Hall–Kier alpha value is -2.22. The number of tetrazole rings is 1. The molecule has 0 spiro atoms. The molecule has 0 aromatic carbocycles. The number of aromatic nitrogens is 4. The van der Waals surface area contributed by atoms with Gasteiger partial charge in [0.05, 0.1) is 12.7 Å². The second-order valence-electron chi connectivity index (χ2n) is 4.45. The Balaban J connectivity index is 2.18. The Kier molecular flexibility index (Phi) is 3.01. The van der Waals surface area contributed by atoms with Crippen molar-refractivity contribution in [2.75, 3.05) is 12.4 Å². The van der Waals surface area contributed by atoms with E-state index in [0.717, 1.165) is 9.75 Å². The molecule has 0 aliphatic carbocycles. The molecule has 0 amide bonds. The smallest absolute Gasteiger partial charge is 0.338 e. The molecule has 3 heterocycles. The molecule has 0 saturated heterocycles. The Morgan fingerprint density at radius 3 is 2.90 bits per heavy atom. The second-order valence-corrected chi connectivity index (χ2v) is 5.77. The summed E-state index contributed by atoms with van der Waals surface area (Å²) >= 11 is 1.61. The van der Waals surface area contributed by atoms with Crippen LogP contribution in [-0.4, -0.2) is 33.3 Å². The van der Waals surface area contributed by atoms with Crippen LogP contribution < -0.4 is 5.32 Å². The third kappa shape index (κ3) is 1.88. The first-order chi connectivity index (χ1) is 9.61. The van der Waals surface area contributed by atoms with Crippen LogP contribution in [0, 0.1) is 6.92 Å². The molecule has 0 bridgehead atoms. The van der Waals surface area contributed by atoms with Crippen LogP contribution in [-0.2, 0) is 9.53 Å². The zero-order chi connectivity index (χ0) is 14.3. The van der Waals surface area contributed by atoms with Gasteiger partial charge in [-0.05, 0) is 36.4 Å². The van der Waals surface area contributed by atoms with Crippen LogP contribution >= 0.6 is 11.3 Å². The number of carbonyl (C=O) groups excluding carboxylic acids is 1. The third-order valence-electron chi connectivity index (χ3n) is 3.15. The molecule has 0 fully saturated rings. The minimum Gasteiger partial charge on any atom is -0.466 e. The van der Waals surface area contributed by atoms with Crippen molar-refractivity contribution in [1.29, 1.82) is 0 Å². The lowest BCUT2D eigenvalue weighted by molar-refractivity contribution is -0.136. The van der Waals surface area contributed by atoms with E-state index in [2.05, 4.69) is 20.8 Å². The highest BCUT2D eigenvalue weighted by molar-refractivity contribution is 7.12. The van der Waals surface area contributed by atoms with Gasteiger partial charge in [-0.15, -0.1) is 11.3 Å². The molecule has 2 aromatic heterocycles. The number of aryl methyl sites for hydroxylation is 1. The average molecular weight is 291 g/mol. The van der Waals surface area contributed by atoms with E-state index in [9.17, 15) is 4.79 Å². The highest BCUT2D eigenvalue weighted by Gasteiger charge is 2.35. The van der Waals surface area contributed by atoms with E-state index in [-0.39, 0.29) is 12.0 Å². The zero-order valence-corrected chi connectivity index (χ0v) is 12.1. The number of carbonyl (C=O) groups is 1. The van der Waals surface area contributed by atoms with E-state index in [1.807, 2.05) is 26.0 Å². The van der Waals surface area contributed by atoms with Gasteiger partial charge in [0.2, 0.25) is 5.95 Å². The standard InChI is InChI=1S/C12H13N5O2S/c1-6-4-5-8(20-6)10-9(11(18)19-3)7(2)13-12-14-15-16-17(10)12/h4-5,10H,1-3H3,(H,13,14,16). The van der Waals surface area contributed by atoms with Crippen LogP contribution in [0.1, 0.15) is 22.7 Å². The monoisotopic (exact) mass is 291 g/mol. The summed E-state index contributed by atoms with van der Waals surface area (Å²) in [6.07, 6.45) is 0. The maximum atomic E-state index is 12.1. The Morgan fingerprint density at radius 1 is 1.45 bits per heavy atom. The molecule has 2 aromatic rings. The van der Waals surface area contributed by atoms with Gasteiger partial charge in [-0.1, -0.05) is 5.10 Å². The summed E-state index contributed by atoms with van der Waals surface area (Å²) in [6.45, 7) is 3.84. The van der Waals surface area contributed by atoms with Gasteiger partial charge in [0.15, 0.2) is 0 Å². The number of nitrogens with one attached hydrogen (secondary N) is 1. The number of methoxy groups -OCH3 is 1. The van der Waals surface area contributed by atoms with E-state index in [4.69, 9.17) is 4.74 Å². The minimum absolute atomic E-state index is 0.354. The fourth-order valence-corrected chi connectivity index (χ4v) is 3.22. The lowest BCUT2D eigenvalue weighted by Gasteiger charge is -2.25. The number of hydrogen-bond donors (Lipinski definition) is 1. The molecule has 3 rings (SSSR count). The molecule has 8 heteroatoms. The average Bonchev–Trinajstić information content (AvgIpc) is 3.04. The lowest BCUT2D eigenvalue weighted by Crippen LogP contribution is -2.28. The summed E-state index contributed by atoms with van der Waals surface area (Å²) in [6, 6.07) is 3.64. The first-order valence-electron chi connectivity index (χ1n) is 6.02. The molecule has 1 aliphatic rings. The first-order valence-corrected chi connectivity index (χ1v) is 6.83. The van der Waals surface area contributed by atoms with Gasteiger partial charge in [0.1, 0.15) is 6.04 Å². The summed E-state index contributed by atoms with van der Waals surface area (Å²) in [5, 5.41) is 14.6. The van der Waals surface area contributed by atoms with Crippen LogP contribution in [0.25, 0.3) is 0 Å². The van der Waals surface area contributed by atoms with Crippen molar-refractivity contribution in [3.8, 4) is 0 Å². The summed E-state index contributed by atoms with van der Waals surface area (Å²) in [7, 11) is 1.37. The molecule has 7 nitrogen and oxygen atoms in total. The highest BCUT2D eigenvalue weighted by Crippen LogP contribution is 2.37. The predicted octanol–water partition coefficient (Wildman–Crippen LogP) is 1.50. The van der Waals surface area contributed by atoms with Gasteiger partial charge < -0.3 is 10.1 Å². The molecule has 1 aliphatic heterocycles. The van der Waals surface area contributed by atoms with Crippen molar-refractivity contribution >= 4 is 23.3 Å². The van der Waals surface area contributed by atoms with Gasteiger partial charge in [0, 0.05) is 15.5 Å². The molecular weight excluding hydrogens is 278 g/mol. The minimum atomic E-state index is -0.382. The van der Waals surface area contributed by atoms with E-state index in [1.165, 1.54) is 7.11 Å². The van der Waals surface area contributed by atoms with E-state index in [0.29, 0.717) is 17.2 Å². The Bertz CT molecular complexity index is 702. The number of hydrogen-bond acceptors (Lipinski definition) is 7. The van der Waals surface area contributed by atoms with Crippen LogP contribution in [0.4, 0.5) is 5.95 Å². The van der Waals surface area contributed by atoms with Crippen molar-refractivity contribution in [2.24, 2.45) is 0 Å². The molecule has 20 heavy (non-hydrogen) atoms. The maximum absolute atomic E-state index is 12.1. The van der Waals surface area contributed by atoms with Gasteiger partial charge in [-0.2, -0.15) is 4.68 Å². The quantitative estimate of drug-likeness (QED) is 0.844. The SMILES string of the molecule is COC(=O)C1=C(C)Nc2nnnn2C1c1ccc(C)s1. The van der Waals surface area contributed by atoms with Gasteiger partial charge >= 0.3 is 5.97 Å². The molecule has 0 saturated carbocycles. The maximum Gasteiger partial charge on any atom is 0.338 e. The summed E-state index contributed by atoms with van der Waals surface area (Å²) in [4.78, 5) is 14.3. The van der Waals surface area contributed by atoms with Crippen molar-refractivity contribution in [3.05, 3.63) is 33.2 Å². The van der Waals surface area contributed by atoms with Gasteiger partial charge in [-0.25, -0.2) is 4.79 Å².